The molecule has 1 N–H and O–H groups in total. The number of hydrogen-bond acceptors (Lipinski definition) is 2. The van der Waals surface area contributed by atoms with Gasteiger partial charge in [0, 0.05) is 5.92 Å². The maximum atomic E-state index is 10.2. The first-order valence-electron chi connectivity index (χ1n) is 3.93. The highest BCUT2D eigenvalue weighted by atomic mass is 16.3. The number of aliphatic hydroxyl groups is 1. The monoisotopic (exact) mass is 156 g/mol. The number of rotatable bonds is 4. The summed E-state index contributed by atoms with van der Waals surface area (Å²) >= 11 is 0. The number of hydrogen-bond donors (Lipinski definition) is 1. The zero-order valence-corrected chi connectivity index (χ0v) is 7.37. The van der Waals surface area contributed by atoms with Crippen LogP contribution in [0.5, 0.6) is 0 Å². The minimum atomic E-state index is -0.329. The van der Waals surface area contributed by atoms with Crippen LogP contribution < -0.4 is 0 Å². The van der Waals surface area contributed by atoms with E-state index in [2.05, 4.69) is 0 Å². The highest BCUT2D eigenvalue weighted by molar-refractivity contribution is 5.72. The fraction of sp³-hybridized carbons (Fsp3) is 0.667. The summed E-state index contributed by atoms with van der Waals surface area (Å²) in [6.45, 7) is 5.57. The van der Waals surface area contributed by atoms with Gasteiger partial charge in [0.25, 0.3) is 0 Å². The SMILES string of the molecule is CCC(O)C(C)/C=C(\C)C=O. The Bertz CT molecular complexity index is 150. The van der Waals surface area contributed by atoms with E-state index < -0.39 is 0 Å². The lowest BCUT2D eigenvalue weighted by Crippen LogP contribution is -2.14. The molecule has 2 nitrogen and oxygen atoms in total. The summed E-state index contributed by atoms with van der Waals surface area (Å²) in [5, 5.41) is 9.31. The van der Waals surface area contributed by atoms with Crippen molar-refractivity contribution in [1.29, 1.82) is 0 Å². The van der Waals surface area contributed by atoms with Gasteiger partial charge in [-0.15, -0.1) is 0 Å². The number of aldehydes is 1. The maximum Gasteiger partial charge on any atom is 0.145 e. The summed E-state index contributed by atoms with van der Waals surface area (Å²) in [7, 11) is 0. The van der Waals surface area contributed by atoms with Crippen LogP contribution in [0.1, 0.15) is 27.2 Å². The molecule has 2 heteroatoms. The van der Waals surface area contributed by atoms with Crippen molar-refractivity contribution in [2.75, 3.05) is 0 Å². The van der Waals surface area contributed by atoms with E-state index in [4.69, 9.17) is 0 Å². The molecule has 11 heavy (non-hydrogen) atoms. The minimum Gasteiger partial charge on any atom is -0.393 e. The molecular formula is C9H16O2. The Morgan fingerprint density at radius 3 is 2.55 bits per heavy atom. The molecular weight excluding hydrogens is 140 g/mol. The van der Waals surface area contributed by atoms with E-state index in [1.807, 2.05) is 13.8 Å². The van der Waals surface area contributed by atoms with Gasteiger partial charge in [0.2, 0.25) is 0 Å². The summed E-state index contributed by atoms with van der Waals surface area (Å²) in [6.07, 6.45) is 2.99. The van der Waals surface area contributed by atoms with Crippen molar-refractivity contribution >= 4 is 6.29 Å². The molecule has 2 unspecified atom stereocenters. The summed E-state index contributed by atoms with van der Waals surface area (Å²) in [6, 6.07) is 0. The van der Waals surface area contributed by atoms with Crippen molar-refractivity contribution < 1.29 is 9.90 Å². The smallest absolute Gasteiger partial charge is 0.145 e. The van der Waals surface area contributed by atoms with Crippen molar-refractivity contribution in [2.24, 2.45) is 5.92 Å². The highest BCUT2D eigenvalue weighted by Gasteiger charge is 2.08. The second-order valence-electron chi connectivity index (χ2n) is 2.86. The molecule has 0 aliphatic heterocycles. The van der Waals surface area contributed by atoms with Crippen molar-refractivity contribution in [3.8, 4) is 0 Å². The standard InChI is InChI=1S/C9H16O2/c1-4-9(11)8(3)5-7(2)6-10/h5-6,8-9,11H,4H2,1-3H3/b7-5+. The van der Waals surface area contributed by atoms with Gasteiger partial charge < -0.3 is 5.11 Å². The Morgan fingerprint density at radius 2 is 2.18 bits per heavy atom. The predicted molar refractivity (Wildman–Crippen MR) is 45.3 cm³/mol. The van der Waals surface area contributed by atoms with E-state index in [-0.39, 0.29) is 12.0 Å². The average molecular weight is 156 g/mol. The van der Waals surface area contributed by atoms with E-state index in [1.165, 1.54) is 0 Å². The molecule has 0 radical (unpaired) electrons. The van der Waals surface area contributed by atoms with Crippen molar-refractivity contribution in [3.05, 3.63) is 11.6 Å². The Morgan fingerprint density at radius 1 is 1.64 bits per heavy atom. The lowest BCUT2D eigenvalue weighted by atomic mass is 10.0. The first-order chi connectivity index (χ1) is 5.11. The minimum absolute atomic E-state index is 0.0743. The first-order valence-corrected chi connectivity index (χ1v) is 3.93. The number of allylic oxidation sites excluding steroid dienone is 1. The normalized spacial score (nSPS) is 17.6. The average Bonchev–Trinajstić information content (AvgIpc) is 2.02. The molecule has 0 aromatic rings. The summed E-state index contributed by atoms with van der Waals surface area (Å²) in [4.78, 5) is 10.2. The van der Waals surface area contributed by atoms with E-state index in [9.17, 15) is 9.90 Å². The third-order valence-corrected chi connectivity index (χ3v) is 1.74. The quantitative estimate of drug-likeness (QED) is 0.495. The number of carbonyl (C=O) groups excluding carboxylic acids is 1. The number of carbonyl (C=O) groups is 1. The van der Waals surface area contributed by atoms with E-state index in [0.29, 0.717) is 5.57 Å². The van der Waals surface area contributed by atoms with Gasteiger partial charge in [-0.25, -0.2) is 0 Å². The Labute approximate surface area is 67.9 Å². The molecule has 0 bridgehead atoms. The molecule has 0 saturated heterocycles. The molecule has 0 saturated carbocycles. The van der Waals surface area contributed by atoms with Gasteiger partial charge in [-0.3, -0.25) is 4.79 Å². The lowest BCUT2D eigenvalue weighted by molar-refractivity contribution is -0.104. The van der Waals surface area contributed by atoms with Crippen LogP contribution in [0.4, 0.5) is 0 Å². The molecule has 2 atom stereocenters. The molecule has 0 spiro atoms. The molecule has 0 amide bonds. The second-order valence-corrected chi connectivity index (χ2v) is 2.86. The van der Waals surface area contributed by atoms with Crippen molar-refractivity contribution in [1.82, 2.24) is 0 Å². The first kappa shape index (κ1) is 10.4. The van der Waals surface area contributed by atoms with Gasteiger partial charge in [-0.1, -0.05) is 19.9 Å². The molecule has 0 rings (SSSR count). The zero-order valence-electron chi connectivity index (χ0n) is 7.37. The fourth-order valence-corrected chi connectivity index (χ4v) is 0.937. The van der Waals surface area contributed by atoms with Gasteiger partial charge in [-0.2, -0.15) is 0 Å². The van der Waals surface area contributed by atoms with Gasteiger partial charge in [-0.05, 0) is 18.9 Å². The summed E-state index contributed by atoms with van der Waals surface area (Å²) in [5.41, 5.74) is 0.685. The zero-order chi connectivity index (χ0) is 8.85. The Kier molecular flexibility index (Phi) is 4.79. The van der Waals surface area contributed by atoms with Crippen molar-refractivity contribution in [3.63, 3.8) is 0 Å². The van der Waals surface area contributed by atoms with Crippen LogP contribution in [0.15, 0.2) is 11.6 Å². The molecule has 0 aromatic carbocycles. The van der Waals surface area contributed by atoms with Gasteiger partial charge >= 0.3 is 0 Å². The number of aliphatic hydroxyl groups excluding tert-OH is 1. The molecule has 0 fully saturated rings. The van der Waals surface area contributed by atoms with Gasteiger partial charge in [0.1, 0.15) is 6.29 Å². The molecule has 64 valence electrons. The van der Waals surface area contributed by atoms with Crippen LogP contribution in [-0.2, 0) is 4.79 Å². The summed E-state index contributed by atoms with van der Waals surface area (Å²) in [5.74, 6) is 0.0743. The van der Waals surface area contributed by atoms with Gasteiger partial charge in [0.15, 0.2) is 0 Å². The Hall–Kier alpha value is -0.630. The van der Waals surface area contributed by atoms with Crippen LogP contribution in [0.3, 0.4) is 0 Å². The third kappa shape index (κ3) is 3.94. The second kappa shape index (κ2) is 5.08. The predicted octanol–water partition coefficient (Wildman–Crippen LogP) is 1.54. The largest absolute Gasteiger partial charge is 0.393 e. The fourth-order valence-electron chi connectivity index (χ4n) is 0.937. The van der Waals surface area contributed by atoms with Crippen LogP contribution in [-0.4, -0.2) is 17.5 Å². The molecule has 0 aliphatic carbocycles. The third-order valence-electron chi connectivity index (χ3n) is 1.74. The topological polar surface area (TPSA) is 37.3 Å². The van der Waals surface area contributed by atoms with E-state index >= 15 is 0 Å². The Balaban J connectivity index is 4.03. The summed E-state index contributed by atoms with van der Waals surface area (Å²) < 4.78 is 0. The molecule has 0 heterocycles. The van der Waals surface area contributed by atoms with Crippen LogP contribution in [0.2, 0.25) is 0 Å². The van der Waals surface area contributed by atoms with E-state index in [0.717, 1.165) is 12.7 Å². The highest BCUT2D eigenvalue weighted by Crippen LogP contribution is 2.09. The maximum absolute atomic E-state index is 10.2. The van der Waals surface area contributed by atoms with Gasteiger partial charge in [0.05, 0.1) is 6.10 Å². The van der Waals surface area contributed by atoms with Crippen LogP contribution in [0.25, 0.3) is 0 Å². The van der Waals surface area contributed by atoms with Crippen LogP contribution >= 0.6 is 0 Å². The molecule has 0 aromatic heterocycles. The lowest BCUT2D eigenvalue weighted by Gasteiger charge is -2.12. The van der Waals surface area contributed by atoms with E-state index in [1.54, 1.807) is 13.0 Å². The molecule has 0 aliphatic rings. The van der Waals surface area contributed by atoms with Crippen molar-refractivity contribution in [2.45, 2.75) is 33.3 Å². The van der Waals surface area contributed by atoms with Crippen LogP contribution in [0, 0.1) is 5.92 Å².